The van der Waals surface area contributed by atoms with Crippen LogP contribution in [-0.4, -0.2) is 22.1 Å². The van der Waals surface area contributed by atoms with Gasteiger partial charge < -0.3 is 10.5 Å². The molecule has 5 heteroatoms. The molecule has 5 nitrogen and oxygen atoms in total. The minimum absolute atomic E-state index is 0.0527. The van der Waals surface area contributed by atoms with Crippen molar-refractivity contribution in [1.82, 2.24) is 15.0 Å². The van der Waals surface area contributed by atoms with Crippen molar-refractivity contribution in [3.05, 3.63) is 11.6 Å². The number of ether oxygens (including phenoxy) is 1. The van der Waals surface area contributed by atoms with Crippen LogP contribution in [0.1, 0.15) is 69.6 Å². The van der Waals surface area contributed by atoms with Crippen molar-refractivity contribution in [3.8, 4) is 0 Å². The van der Waals surface area contributed by atoms with Crippen LogP contribution < -0.4 is 5.73 Å². The number of nitrogens with zero attached hydrogens (tertiary/aromatic N) is 3. The van der Waals surface area contributed by atoms with Crippen LogP contribution in [0, 0.1) is 5.92 Å². The van der Waals surface area contributed by atoms with E-state index in [-0.39, 0.29) is 12.0 Å². The van der Waals surface area contributed by atoms with E-state index in [1.165, 1.54) is 32.1 Å². The van der Waals surface area contributed by atoms with Gasteiger partial charge in [0.2, 0.25) is 5.95 Å². The minimum Gasteiger partial charge on any atom is -0.373 e. The molecular formula is C14H24N4O. The quantitative estimate of drug-likeness (QED) is 0.905. The molecular weight excluding hydrogens is 240 g/mol. The average Bonchev–Trinajstić information content (AvgIpc) is 2.40. The van der Waals surface area contributed by atoms with Crippen LogP contribution in [0.15, 0.2) is 0 Å². The predicted octanol–water partition coefficient (Wildman–Crippen LogP) is 2.85. The fraction of sp³-hybridized carbons (Fsp3) is 0.786. The zero-order valence-electron chi connectivity index (χ0n) is 12.1. The van der Waals surface area contributed by atoms with Crippen molar-refractivity contribution in [2.45, 2.75) is 58.0 Å². The number of anilines is 1. The van der Waals surface area contributed by atoms with Crippen molar-refractivity contribution < 1.29 is 4.74 Å². The number of hydrogen-bond donors (Lipinski definition) is 1. The van der Waals surface area contributed by atoms with Gasteiger partial charge in [-0.2, -0.15) is 9.97 Å². The summed E-state index contributed by atoms with van der Waals surface area (Å²) in [4.78, 5) is 13.0. The first-order chi connectivity index (χ1) is 9.11. The van der Waals surface area contributed by atoms with Gasteiger partial charge >= 0.3 is 0 Å². The SMILES string of the molecule is COC(c1nc(N)nc(C(C)C)n1)C1CCCCC1. The molecule has 0 bridgehead atoms. The molecule has 19 heavy (non-hydrogen) atoms. The minimum atomic E-state index is -0.0527. The first-order valence-electron chi connectivity index (χ1n) is 7.16. The average molecular weight is 264 g/mol. The van der Waals surface area contributed by atoms with Crippen molar-refractivity contribution in [2.24, 2.45) is 5.92 Å². The first kappa shape index (κ1) is 14.2. The van der Waals surface area contributed by atoms with Crippen molar-refractivity contribution in [1.29, 1.82) is 0 Å². The lowest BCUT2D eigenvalue weighted by Gasteiger charge is -2.28. The topological polar surface area (TPSA) is 73.9 Å². The molecule has 1 aromatic heterocycles. The Balaban J connectivity index is 2.26. The van der Waals surface area contributed by atoms with E-state index in [1.807, 2.05) is 0 Å². The highest BCUT2D eigenvalue weighted by Gasteiger charge is 2.28. The summed E-state index contributed by atoms with van der Waals surface area (Å²) in [6.45, 7) is 4.11. The van der Waals surface area contributed by atoms with Gasteiger partial charge in [0.1, 0.15) is 11.9 Å². The lowest BCUT2D eigenvalue weighted by atomic mass is 9.85. The molecule has 0 amide bonds. The molecule has 0 saturated heterocycles. The highest BCUT2D eigenvalue weighted by atomic mass is 16.5. The number of nitrogens with two attached hydrogens (primary N) is 1. The van der Waals surface area contributed by atoms with Gasteiger partial charge in [-0.15, -0.1) is 0 Å². The van der Waals surface area contributed by atoms with E-state index in [1.54, 1.807) is 7.11 Å². The summed E-state index contributed by atoms with van der Waals surface area (Å²) >= 11 is 0. The lowest BCUT2D eigenvalue weighted by Crippen LogP contribution is -2.22. The summed E-state index contributed by atoms with van der Waals surface area (Å²) in [5, 5.41) is 0. The summed E-state index contributed by atoms with van der Waals surface area (Å²) in [5.41, 5.74) is 5.80. The van der Waals surface area contributed by atoms with E-state index in [4.69, 9.17) is 10.5 Å². The number of methoxy groups -OCH3 is 1. The van der Waals surface area contributed by atoms with E-state index in [2.05, 4.69) is 28.8 Å². The van der Waals surface area contributed by atoms with Crippen LogP contribution in [0.3, 0.4) is 0 Å². The van der Waals surface area contributed by atoms with Crippen molar-refractivity contribution >= 4 is 5.95 Å². The Morgan fingerprint density at radius 1 is 1.05 bits per heavy atom. The normalized spacial score (nSPS) is 18.7. The molecule has 106 valence electrons. The van der Waals surface area contributed by atoms with Gasteiger partial charge in [0.05, 0.1) is 0 Å². The zero-order valence-corrected chi connectivity index (χ0v) is 12.1. The standard InChI is InChI=1S/C14H24N4O/c1-9(2)12-16-13(18-14(15)17-12)11(19-3)10-7-5-4-6-8-10/h9-11H,4-8H2,1-3H3,(H2,15,16,17,18). The van der Waals surface area contributed by atoms with Crippen molar-refractivity contribution in [2.75, 3.05) is 12.8 Å². The van der Waals surface area contributed by atoms with Crippen LogP contribution in [0.2, 0.25) is 0 Å². The number of aromatic nitrogens is 3. The van der Waals surface area contributed by atoms with Gasteiger partial charge in [0, 0.05) is 13.0 Å². The molecule has 2 rings (SSSR count). The second kappa shape index (κ2) is 6.28. The number of rotatable bonds is 4. The van der Waals surface area contributed by atoms with E-state index < -0.39 is 0 Å². The van der Waals surface area contributed by atoms with E-state index >= 15 is 0 Å². The smallest absolute Gasteiger partial charge is 0.223 e. The highest BCUT2D eigenvalue weighted by Crippen LogP contribution is 2.35. The van der Waals surface area contributed by atoms with Gasteiger partial charge in [-0.25, -0.2) is 4.98 Å². The molecule has 1 fully saturated rings. The van der Waals surface area contributed by atoms with Gasteiger partial charge in [-0.05, 0) is 18.8 Å². The van der Waals surface area contributed by atoms with Gasteiger partial charge in [-0.3, -0.25) is 0 Å². The zero-order chi connectivity index (χ0) is 13.8. The van der Waals surface area contributed by atoms with Crippen LogP contribution in [0.25, 0.3) is 0 Å². The van der Waals surface area contributed by atoms with Crippen molar-refractivity contribution in [3.63, 3.8) is 0 Å². The molecule has 0 aromatic carbocycles. The highest BCUT2D eigenvalue weighted by molar-refractivity contribution is 5.18. The second-order valence-electron chi connectivity index (χ2n) is 5.62. The third-order valence-corrected chi connectivity index (χ3v) is 3.79. The molecule has 0 aliphatic heterocycles. The largest absolute Gasteiger partial charge is 0.373 e. The molecule has 1 saturated carbocycles. The van der Waals surface area contributed by atoms with Crippen LogP contribution in [0.4, 0.5) is 5.95 Å². The number of nitrogen functional groups attached to an aromatic ring is 1. The second-order valence-corrected chi connectivity index (χ2v) is 5.62. The third-order valence-electron chi connectivity index (χ3n) is 3.79. The first-order valence-corrected chi connectivity index (χ1v) is 7.16. The maximum absolute atomic E-state index is 5.80. The molecule has 0 radical (unpaired) electrons. The van der Waals surface area contributed by atoms with E-state index in [9.17, 15) is 0 Å². The molecule has 1 aliphatic rings. The Bertz CT molecular complexity index is 416. The fourth-order valence-corrected chi connectivity index (χ4v) is 2.76. The number of hydrogen-bond acceptors (Lipinski definition) is 5. The fourth-order valence-electron chi connectivity index (χ4n) is 2.76. The summed E-state index contributed by atoms with van der Waals surface area (Å²) in [5.74, 6) is 2.49. The van der Waals surface area contributed by atoms with Crippen LogP contribution in [-0.2, 0) is 4.74 Å². The summed E-state index contributed by atoms with van der Waals surface area (Å²) < 4.78 is 5.66. The predicted molar refractivity (Wildman–Crippen MR) is 74.7 cm³/mol. The Kier molecular flexibility index (Phi) is 4.69. The van der Waals surface area contributed by atoms with Crippen LogP contribution in [0.5, 0.6) is 0 Å². The molecule has 0 spiro atoms. The summed E-state index contributed by atoms with van der Waals surface area (Å²) in [6.07, 6.45) is 6.17. The molecule has 1 aliphatic carbocycles. The van der Waals surface area contributed by atoms with E-state index in [0.29, 0.717) is 17.7 Å². The Hall–Kier alpha value is -1.23. The summed E-state index contributed by atoms with van der Waals surface area (Å²) in [6, 6.07) is 0. The summed E-state index contributed by atoms with van der Waals surface area (Å²) in [7, 11) is 1.73. The van der Waals surface area contributed by atoms with E-state index in [0.717, 1.165) is 5.82 Å². The Labute approximate surface area is 115 Å². The molecule has 1 unspecified atom stereocenters. The Morgan fingerprint density at radius 2 is 1.68 bits per heavy atom. The van der Waals surface area contributed by atoms with Crippen LogP contribution >= 0.6 is 0 Å². The Morgan fingerprint density at radius 3 is 2.26 bits per heavy atom. The molecule has 1 atom stereocenters. The maximum Gasteiger partial charge on any atom is 0.223 e. The van der Waals surface area contributed by atoms with Gasteiger partial charge in [-0.1, -0.05) is 33.1 Å². The lowest BCUT2D eigenvalue weighted by molar-refractivity contribution is 0.0286. The molecule has 2 N–H and O–H groups in total. The van der Waals surface area contributed by atoms with Gasteiger partial charge in [0.25, 0.3) is 0 Å². The maximum atomic E-state index is 5.80. The monoisotopic (exact) mass is 264 g/mol. The third kappa shape index (κ3) is 3.41. The molecule has 1 aromatic rings. The molecule has 1 heterocycles. The van der Waals surface area contributed by atoms with Gasteiger partial charge in [0.15, 0.2) is 5.82 Å².